The van der Waals surface area contributed by atoms with Crippen LogP contribution >= 0.6 is 0 Å². The zero-order valence-corrected chi connectivity index (χ0v) is 9.19. The van der Waals surface area contributed by atoms with Gasteiger partial charge in [-0.1, -0.05) is 0 Å². The molecule has 3 heteroatoms. The van der Waals surface area contributed by atoms with Gasteiger partial charge in [0.15, 0.2) is 0 Å². The van der Waals surface area contributed by atoms with Crippen LogP contribution < -0.4 is 0 Å². The summed E-state index contributed by atoms with van der Waals surface area (Å²) in [7, 11) is 0. The predicted molar refractivity (Wildman–Crippen MR) is 60.2 cm³/mol. The molecule has 2 aromatic rings. The minimum atomic E-state index is 0.336. The maximum atomic E-state index is 10.7. The van der Waals surface area contributed by atoms with Crippen LogP contribution in [0.25, 0.3) is 10.9 Å². The smallest absolute Gasteiger partial charge is 0.150 e. The Morgan fingerprint density at radius 1 is 1.40 bits per heavy atom. The van der Waals surface area contributed by atoms with Gasteiger partial charge >= 0.3 is 0 Å². The first kappa shape index (κ1) is 9.90. The van der Waals surface area contributed by atoms with E-state index in [9.17, 15) is 4.79 Å². The lowest BCUT2D eigenvalue weighted by Gasteiger charge is -2.06. The van der Waals surface area contributed by atoms with Gasteiger partial charge in [-0.25, -0.2) is 0 Å². The fourth-order valence-corrected chi connectivity index (χ4v) is 1.78. The highest BCUT2D eigenvalue weighted by Gasteiger charge is 2.09. The number of nitrogens with zero attached hydrogens (tertiary/aromatic N) is 2. The molecule has 0 bridgehead atoms. The summed E-state index contributed by atoms with van der Waals surface area (Å²) in [6.07, 6.45) is 0.867. The van der Waals surface area contributed by atoms with Crippen molar-refractivity contribution in [2.24, 2.45) is 0 Å². The van der Waals surface area contributed by atoms with Crippen molar-refractivity contribution in [3.05, 3.63) is 29.5 Å². The van der Waals surface area contributed by atoms with Crippen LogP contribution in [-0.2, 0) is 0 Å². The lowest BCUT2D eigenvalue weighted by atomic mass is 10.1. The lowest BCUT2D eigenvalue weighted by molar-refractivity contribution is 0.112. The van der Waals surface area contributed by atoms with E-state index in [1.165, 1.54) is 0 Å². The summed E-state index contributed by atoms with van der Waals surface area (Å²) in [4.78, 5) is 10.7. The number of aryl methyl sites for hydroxylation is 1. The third-order valence-corrected chi connectivity index (χ3v) is 2.54. The summed E-state index contributed by atoms with van der Waals surface area (Å²) >= 11 is 0. The molecule has 0 aliphatic heterocycles. The first-order valence-corrected chi connectivity index (χ1v) is 5.07. The Labute approximate surface area is 88.7 Å². The topological polar surface area (TPSA) is 34.9 Å². The van der Waals surface area contributed by atoms with E-state index in [0.717, 1.165) is 22.9 Å². The van der Waals surface area contributed by atoms with Gasteiger partial charge in [-0.3, -0.25) is 9.48 Å². The number of aldehydes is 1. The molecule has 0 aliphatic rings. The Morgan fingerprint density at radius 2 is 2.13 bits per heavy atom. The van der Waals surface area contributed by atoms with Crippen LogP contribution in [0.1, 0.15) is 35.9 Å². The molecule has 1 aromatic carbocycles. The predicted octanol–water partition coefficient (Wildman–Crippen LogP) is 2.74. The highest BCUT2D eigenvalue weighted by atomic mass is 16.1. The molecule has 0 spiro atoms. The number of carbonyl (C=O) groups is 1. The molecule has 0 atom stereocenters. The first-order valence-electron chi connectivity index (χ1n) is 5.07. The normalized spacial score (nSPS) is 11.2. The lowest BCUT2D eigenvalue weighted by Crippen LogP contribution is -2.02. The van der Waals surface area contributed by atoms with Crippen LogP contribution in [0.3, 0.4) is 0 Å². The number of hydrogen-bond donors (Lipinski definition) is 0. The molecule has 1 heterocycles. The van der Waals surface area contributed by atoms with Crippen molar-refractivity contribution < 1.29 is 4.79 Å². The van der Waals surface area contributed by atoms with Gasteiger partial charge in [-0.15, -0.1) is 0 Å². The molecule has 0 radical (unpaired) electrons. The van der Waals surface area contributed by atoms with E-state index >= 15 is 0 Å². The van der Waals surface area contributed by atoms with Gasteiger partial charge < -0.3 is 0 Å². The zero-order chi connectivity index (χ0) is 11.0. The SMILES string of the molecule is Cc1nn(C(C)C)c2ccc(C=O)cc12. The third kappa shape index (κ3) is 1.54. The molecule has 1 aromatic heterocycles. The van der Waals surface area contributed by atoms with Crippen LogP contribution in [0.15, 0.2) is 18.2 Å². The summed E-state index contributed by atoms with van der Waals surface area (Å²) in [6, 6.07) is 6.01. The molecule has 15 heavy (non-hydrogen) atoms. The van der Waals surface area contributed by atoms with Crippen LogP contribution in [0, 0.1) is 6.92 Å². The quantitative estimate of drug-likeness (QED) is 0.702. The monoisotopic (exact) mass is 202 g/mol. The van der Waals surface area contributed by atoms with Crippen LogP contribution in [0.4, 0.5) is 0 Å². The highest BCUT2D eigenvalue weighted by Crippen LogP contribution is 2.22. The fraction of sp³-hybridized carbons (Fsp3) is 0.333. The molecule has 78 valence electrons. The van der Waals surface area contributed by atoms with Gasteiger partial charge in [-0.2, -0.15) is 5.10 Å². The highest BCUT2D eigenvalue weighted by molar-refractivity contribution is 5.88. The molecule has 0 N–H and O–H groups in total. The zero-order valence-electron chi connectivity index (χ0n) is 9.19. The molecule has 0 amide bonds. The third-order valence-electron chi connectivity index (χ3n) is 2.54. The fourth-order valence-electron chi connectivity index (χ4n) is 1.78. The minimum Gasteiger partial charge on any atom is -0.298 e. The second-order valence-corrected chi connectivity index (χ2v) is 4.02. The number of carbonyl (C=O) groups excluding carboxylic acids is 1. The Hall–Kier alpha value is -1.64. The molecule has 0 unspecified atom stereocenters. The maximum Gasteiger partial charge on any atom is 0.150 e. The molecule has 0 saturated carbocycles. The van der Waals surface area contributed by atoms with Crippen molar-refractivity contribution in [3.8, 4) is 0 Å². The van der Waals surface area contributed by atoms with Gasteiger partial charge in [0, 0.05) is 17.0 Å². The number of aromatic nitrogens is 2. The number of hydrogen-bond acceptors (Lipinski definition) is 2. The molecule has 0 saturated heterocycles. The van der Waals surface area contributed by atoms with E-state index in [2.05, 4.69) is 18.9 Å². The molecule has 0 fully saturated rings. The van der Waals surface area contributed by atoms with Crippen molar-refractivity contribution in [2.45, 2.75) is 26.8 Å². The molecular weight excluding hydrogens is 188 g/mol. The van der Waals surface area contributed by atoms with E-state index in [-0.39, 0.29) is 0 Å². The van der Waals surface area contributed by atoms with Crippen molar-refractivity contribution in [1.82, 2.24) is 9.78 Å². The van der Waals surface area contributed by atoms with E-state index < -0.39 is 0 Å². The Bertz CT molecular complexity index is 512. The van der Waals surface area contributed by atoms with Gasteiger partial charge in [0.2, 0.25) is 0 Å². The van der Waals surface area contributed by atoms with E-state index in [0.29, 0.717) is 11.6 Å². The first-order chi connectivity index (χ1) is 7.13. The van der Waals surface area contributed by atoms with Gasteiger partial charge in [0.1, 0.15) is 6.29 Å². The van der Waals surface area contributed by atoms with E-state index in [4.69, 9.17) is 0 Å². The average Bonchev–Trinajstić information content (AvgIpc) is 2.56. The number of fused-ring (bicyclic) bond motifs is 1. The summed E-state index contributed by atoms with van der Waals surface area (Å²) in [5.41, 5.74) is 2.77. The number of benzene rings is 1. The summed E-state index contributed by atoms with van der Waals surface area (Å²) in [6.45, 7) is 6.16. The van der Waals surface area contributed by atoms with Crippen molar-refractivity contribution in [2.75, 3.05) is 0 Å². The minimum absolute atomic E-state index is 0.336. The summed E-state index contributed by atoms with van der Waals surface area (Å²) < 4.78 is 1.99. The van der Waals surface area contributed by atoms with Crippen LogP contribution in [-0.4, -0.2) is 16.1 Å². The number of rotatable bonds is 2. The summed E-state index contributed by atoms with van der Waals surface area (Å²) in [5, 5.41) is 5.53. The van der Waals surface area contributed by atoms with Crippen LogP contribution in [0.5, 0.6) is 0 Å². The Morgan fingerprint density at radius 3 is 2.73 bits per heavy atom. The second kappa shape index (κ2) is 3.50. The molecular formula is C12H14N2O. The average molecular weight is 202 g/mol. The largest absolute Gasteiger partial charge is 0.298 e. The summed E-state index contributed by atoms with van der Waals surface area (Å²) in [5.74, 6) is 0. The Kier molecular flexibility index (Phi) is 2.31. The maximum absolute atomic E-state index is 10.7. The molecule has 3 nitrogen and oxygen atoms in total. The van der Waals surface area contributed by atoms with Crippen LogP contribution in [0.2, 0.25) is 0 Å². The van der Waals surface area contributed by atoms with Gasteiger partial charge in [-0.05, 0) is 39.0 Å². The molecule has 0 aliphatic carbocycles. The second-order valence-electron chi connectivity index (χ2n) is 4.02. The van der Waals surface area contributed by atoms with Crippen molar-refractivity contribution in [1.29, 1.82) is 0 Å². The molecule has 2 rings (SSSR count). The van der Waals surface area contributed by atoms with Crippen molar-refractivity contribution >= 4 is 17.2 Å². The Balaban J connectivity index is 2.74. The van der Waals surface area contributed by atoms with Gasteiger partial charge in [0.25, 0.3) is 0 Å². The van der Waals surface area contributed by atoms with E-state index in [1.807, 2.05) is 29.8 Å². The van der Waals surface area contributed by atoms with E-state index in [1.54, 1.807) is 0 Å². The standard InChI is InChI=1S/C12H14N2O/c1-8(2)14-12-5-4-10(7-15)6-11(12)9(3)13-14/h4-8H,1-3H3. The van der Waals surface area contributed by atoms with Gasteiger partial charge in [0.05, 0.1) is 11.2 Å². The van der Waals surface area contributed by atoms with Crippen molar-refractivity contribution in [3.63, 3.8) is 0 Å².